The van der Waals surface area contributed by atoms with Crippen LogP contribution in [0.4, 0.5) is 0 Å². The monoisotopic (exact) mass is 264 g/mol. The summed E-state index contributed by atoms with van der Waals surface area (Å²) in [6.45, 7) is 3.97. The van der Waals surface area contributed by atoms with E-state index in [1.165, 1.54) is 0 Å². The van der Waals surface area contributed by atoms with Gasteiger partial charge in [-0.2, -0.15) is 0 Å². The van der Waals surface area contributed by atoms with Crippen LogP contribution in [-0.2, 0) is 4.52 Å². The van der Waals surface area contributed by atoms with Gasteiger partial charge in [0.05, 0.1) is 6.10 Å². The van der Waals surface area contributed by atoms with Crippen molar-refractivity contribution in [3.05, 3.63) is 30.3 Å². The summed E-state index contributed by atoms with van der Waals surface area (Å²) in [6.07, 6.45) is 0.229. The van der Waals surface area contributed by atoms with Gasteiger partial charge in [0, 0.05) is 0 Å². The van der Waals surface area contributed by atoms with Crippen LogP contribution < -0.4 is 4.52 Å². The largest absolute Gasteiger partial charge is 0.450 e. The molecule has 0 spiro atoms. The Morgan fingerprint density at radius 3 is 2.31 bits per heavy atom. The van der Waals surface area contributed by atoms with Gasteiger partial charge < -0.3 is 9.05 Å². The van der Waals surface area contributed by atoms with Gasteiger partial charge in [0.15, 0.2) is 0 Å². The van der Waals surface area contributed by atoms with Gasteiger partial charge in [-0.3, -0.25) is 0 Å². The van der Waals surface area contributed by atoms with Crippen molar-refractivity contribution in [2.45, 2.75) is 20.0 Å². The van der Waals surface area contributed by atoms with Crippen LogP contribution >= 0.6 is 26.0 Å². The normalized spacial score (nSPS) is 10.4. The Morgan fingerprint density at radius 2 is 1.77 bits per heavy atom. The van der Waals surface area contributed by atoms with Gasteiger partial charge in [-0.1, -0.05) is 18.2 Å². The third-order valence-electron chi connectivity index (χ3n) is 1.19. The molecule has 0 aliphatic rings. The highest BCUT2D eigenvalue weighted by molar-refractivity contribution is 8.93. The molecule has 1 aromatic rings. The van der Waals surface area contributed by atoms with E-state index in [0.29, 0.717) is 0 Å². The molecular weight excluding hydrogens is 251 g/mol. The van der Waals surface area contributed by atoms with Crippen molar-refractivity contribution in [2.75, 3.05) is 0 Å². The highest BCUT2D eigenvalue weighted by Crippen LogP contribution is 2.21. The zero-order valence-electron chi connectivity index (χ0n) is 7.69. The number of para-hydroxylation sites is 1. The molecule has 1 unspecified atom stereocenters. The van der Waals surface area contributed by atoms with Crippen LogP contribution in [0.25, 0.3) is 0 Å². The Labute approximate surface area is 91.4 Å². The second kappa shape index (κ2) is 7.31. The van der Waals surface area contributed by atoms with Gasteiger partial charge in [0.1, 0.15) is 5.75 Å². The van der Waals surface area contributed by atoms with Crippen molar-refractivity contribution < 1.29 is 9.05 Å². The summed E-state index contributed by atoms with van der Waals surface area (Å²) in [6, 6.07) is 9.66. The second-order valence-electron chi connectivity index (χ2n) is 2.67. The van der Waals surface area contributed by atoms with E-state index in [-0.39, 0.29) is 32.1 Å². The van der Waals surface area contributed by atoms with Crippen molar-refractivity contribution in [2.24, 2.45) is 0 Å². The van der Waals surface area contributed by atoms with Crippen LogP contribution in [0.5, 0.6) is 5.75 Å². The van der Waals surface area contributed by atoms with Crippen molar-refractivity contribution in [1.82, 2.24) is 0 Å². The number of halogens is 1. The van der Waals surface area contributed by atoms with E-state index in [1.807, 2.05) is 44.2 Å². The van der Waals surface area contributed by atoms with Gasteiger partial charge in [-0.25, -0.2) is 0 Å². The molecule has 0 radical (unpaired) electrons. The topological polar surface area (TPSA) is 18.5 Å². The van der Waals surface area contributed by atoms with E-state index in [1.54, 1.807) is 0 Å². The molecule has 2 nitrogen and oxygen atoms in total. The number of rotatable bonds is 4. The van der Waals surface area contributed by atoms with Gasteiger partial charge in [-0.05, 0) is 26.0 Å². The fourth-order valence-electron chi connectivity index (χ4n) is 0.657. The fourth-order valence-corrected chi connectivity index (χ4v) is 1.13. The molecule has 0 saturated carbocycles. The van der Waals surface area contributed by atoms with E-state index < -0.39 is 0 Å². The molecule has 1 atom stereocenters. The van der Waals surface area contributed by atoms with Crippen LogP contribution in [0.2, 0.25) is 0 Å². The lowest BCUT2D eigenvalue weighted by molar-refractivity contribution is 0.256. The molecule has 0 amide bonds. The lowest BCUT2D eigenvalue weighted by atomic mass is 10.3. The highest BCUT2D eigenvalue weighted by atomic mass is 79.9. The molecule has 1 rings (SSSR count). The summed E-state index contributed by atoms with van der Waals surface area (Å²) in [5.74, 6) is 0.858. The smallest absolute Gasteiger partial charge is 0.215 e. The van der Waals surface area contributed by atoms with Gasteiger partial charge >= 0.3 is 0 Å². The standard InChI is InChI=1S/C9H13O2P.BrH/c1-8(2)10-12-11-9-6-4-3-5-7-9;/h3-8,12H,1-2H3;1H. The van der Waals surface area contributed by atoms with Crippen molar-refractivity contribution in [3.63, 3.8) is 0 Å². The van der Waals surface area contributed by atoms with Crippen molar-refractivity contribution >= 4 is 26.0 Å². The van der Waals surface area contributed by atoms with Crippen molar-refractivity contribution in [3.8, 4) is 5.75 Å². The molecule has 0 heterocycles. The van der Waals surface area contributed by atoms with Gasteiger partial charge in [-0.15, -0.1) is 17.0 Å². The zero-order valence-corrected chi connectivity index (χ0v) is 10.4. The average molecular weight is 265 g/mol. The molecule has 0 saturated heterocycles. The van der Waals surface area contributed by atoms with Gasteiger partial charge in [0.25, 0.3) is 0 Å². The molecule has 0 aromatic heterocycles. The maximum Gasteiger partial charge on any atom is 0.215 e. The molecule has 0 N–H and O–H groups in total. The van der Waals surface area contributed by atoms with E-state index in [4.69, 9.17) is 9.05 Å². The first kappa shape index (κ1) is 12.9. The van der Waals surface area contributed by atoms with Crippen LogP contribution in [0.1, 0.15) is 13.8 Å². The van der Waals surface area contributed by atoms with E-state index in [2.05, 4.69) is 0 Å². The third kappa shape index (κ3) is 6.03. The minimum atomic E-state index is 0. The first-order chi connectivity index (χ1) is 5.79. The lowest BCUT2D eigenvalue weighted by Crippen LogP contribution is -1.94. The van der Waals surface area contributed by atoms with Crippen LogP contribution in [-0.4, -0.2) is 6.10 Å². The quantitative estimate of drug-likeness (QED) is 0.775. The molecule has 0 aliphatic carbocycles. The van der Waals surface area contributed by atoms with Gasteiger partial charge in [0.2, 0.25) is 9.03 Å². The highest BCUT2D eigenvalue weighted by Gasteiger charge is 1.94. The maximum absolute atomic E-state index is 5.32. The molecule has 1 aromatic carbocycles. The minimum Gasteiger partial charge on any atom is -0.450 e. The number of benzene rings is 1. The third-order valence-corrected chi connectivity index (χ3v) is 2.07. The second-order valence-corrected chi connectivity index (χ2v) is 3.27. The van der Waals surface area contributed by atoms with Crippen molar-refractivity contribution in [1.29, 1.82) is 0 Å². The summed E-state index contributed by atoms with van der Waals surface area (Å²) >= 11 is 0. The Kier molecular flexibility index (Phi) is 7.25. The van der Waals surface area contributed by atoms with E-state index in [9.17, 15) is 0 Å². The Bertz CT molecular complexity index is 216. The van der Waals surface area contributed by atoms with Crippen LogP contribution in [0, 0.1) is 0 Å². The molecule has 0 fully saturated rings. The van der Waals surface area contributed by atoms with Crippen LogP contribution in [0.3, 0.4) is 0 Å². The summed E-state index contributed by atoms with van der Waals surface area (Å²) in [5.41, 5.74) is 0. The average Bonchev–Trinajstić information content (AvgIpc) is 2.05. The Morgan fingerprint density at radius 1 is 1.15 bits per heavy atom. The molecule has 13 heavy (non-hydrogen) atoms. The summed E-state index contributed by atoms with van der Waals surface area (Å²) < 4.78 is 10.6. The number of hydrogen-bond acceptors (Lipinski definition) is 2. The summed E-state index contributed by atoms with van der Waals surface area (Å²) in [5, 5.41) is 0. The Balaban J connectivity index is 0.00000144. The molecule has 0 aliphatic heterocycles. The molecule has 0 bridgehead atoms. The summed E-state index contributed by atoms with van der Waals surface area (Å²) in [7, 11) is 0.0900. The maximum atomic E-state index is 5.32. The predicted molar refractivity (Wildman–Crippen MR) is 61.9 cm³/mol. The molecule has 74 valence electrons. The van der Waals surface area contributed by atoms with Crippen LogP contribution in [0.15, 0.2) is 30.3 Å². The zero-order chi connectivity index (χ0) is 8.81. The van der Waals surface area contributed by atoms with E-state index in [0.717, 1.165) is 5.75 Å². The SMILES string of the molecule is Br.CC(C)OPOc1ccccc1. The molecule has 4 heteroatoms. The first-order valence-corrected chi connectivity index (χ1v) is 4.73. The first-order valence-electron chi connectivity index (χ1n) is 3.91. The Hall–Kier alpha value is -0.110. The minimum absolute atomic E-state index is 0. The summed E-state index contributed by atoms with van der Waals surface area (Å²) in [4.78, 5) is 0. The fraction of sp³-hybridized carbons (Fsp3) is 0.333. The molecular formula is C9H14BrO2P. The predicted octanol–water partition coefficient (Wildman–Crippen LogP) is 3.58. The number of hydrogen-bond donors (Lipinski definition) is 0. The van der Waals surface area contributed by atoms with E-state index >= 15 is 0 Å². The lowest BCUT2D eigenvalue weighted by Gasteiger charge is -2.07.